The predicted octanol–water partition coefficient (Wildman–Crippen LogP) is 2.82. The van der Waals surface area contributed by atoms with E-state index in [2.05, 4.69) is 26.1 Å². The van der Waals surface area contributed by atoms with E-state index in [0.29, 0.717) is 30.9 Å². The maximum Gasteiger partial charge on any atom is 0.407 e. The molecule has 4 nitrogen and oxygen atoms in total. The van der Waals surface area contributed by atoms with Crippen molar-refractivity contribution < 1.29 is 14.3 Å². The molecule has 1 rings (SSSR count). The van der Waals surface area contributed by atoms with Crippen molar-refractivity contribution in [2.45, 2.75) is 46.1 Å². The van der Waals surface area contributed by atoms with Crippen molar-refractivity contribution >= 4 is 6.09 Å². The lowest BCUT2D eigenvalue weighted by atomic mass is 9.75. The number of alkyl carbamates (subject to hydrolysis) is 1. The minimum Gasteiger partial charge on any atom is -0.446 e. The maximum absolute atomic E-state index is 11.7. The zero-order valence-electron chi connectivity index (χ0n) is 12.1. The molecule has 0 aromatic heterocycles. The van der Waals surface area contributed by atoms with E-state index in [1.54, 1.807) is 7.11 Å². The molecule has 0 bridgehead atoms. The molecule has 4 heteroatoms. The Morgan fingerprint density at radius 1 is 1.39 bits per heavy atom. The summed E-state index contributed by atoms with van der Waals surface area (Å²) in [6.07, 6.45) is 3.15. The van der Waals surface area contributed by atoms with Crippen LogP contribution >= 0.6 is 0 Å². The first-order valence-electron chi connectivity index (χ1n) is 6.98. The third kappa shape index (κ3) is 4.84. The normalized spacial score (nSPS) is 28.2. The first kappa shape index (κ1) is 15.3. The fourth-order valence-electron chi connectivity index (χ4n) is 2.68. The van der Waals surface area contributed by atoms with Gasteiger partial charge in [-0.2, -0.15) is 0 Å². The number of nitrogens with one attached hydrogen (secondary N) is 1. The Morgan fingerprint density at radius 2 is 2.11 bits per heavy atom. The van der Waals surface area contributed by atoms with Crippen LogP contribution in [0.4, 0.5) is 4.79 Å². The molecule has 0 radical (unpaired) electrons. The van der Waals surface area contributed by atoms with Crippen molar-refractivity contribution in [3.63, 3.8) is 0 Å². The second-order valence-corrected chi connectivity index (χ2v) is 5.69. The molecule has 1 aliphatic rings. The Kier molecular flexibility index (Phi) is 6.47. The molecule has 1 saturated carbocycles. The molecule has 18 heavy (non-hydrogen) atoms. The fraction of sp³-hybridized carbons (Fsp3) is 0.929. The molecule has 0 saturated heterocycles. The number of hydrogen-bond acceptors (Lipinski definition) is 3. The smallest absolute Gasteiger partial charge is 0.407 e. The van der Waals surface area contributed by atoms with Gasteiger partial charge in [-0.3, -0.25) is 0 Å². The minimum atomic E-state index is -0.309. The highest BCUT2D eigenvalue weighted by atomic mass is 16.6. The van der Waals surface area contributed by atoms with Gasteiger partial charge in [-0.05, 0) is 30.6 Å². The summed E-state index contributed by atoms with van der Waals surface area (Å²) in [7, 11) is 1.62. The summed E-state index contributed by atoms with van der Waals surface area (Å²) in [5, 5.41) is 2.72. The van der Waals surface area contributed by atoms with Gasteiger partial charge >= 0.3 is 6.09 Å². The van der Waals surface area contributed by atoms with E-state index in [1.807, 2.05) is 0 Å². The highest BCUT2D eigenvalue weighted by Crippen LogP contribution is 2.35. The van der Waals surface area contributed by atoms with E-state index < -0.39 is 0 Å². The number of rotatable bonds is 5. The molecule has 0 spiro atoms. The SMILES string of the molecule is COCCNC(=O)O[C@H]1C[C@@H](C)CCC1C(C)C. The Morgan fingerprint density at radius 3 is 2.72 bits per heavy atom. The van der Waals surface area contributed by atoms with Crippen LogP contribution in [-0.4, -0.2) is 32.5 Å². The standard InChI is InChI=1S/C14H27NO3/c1-10(2)12-6-5-11(3)9-13(12)18-14(16)15-7-8-17-4/h10-13H,5-9H2,1-4H3,(H,15,16)/t11-,12?,13-/m0/s1. The number of carbonyl (C=O) groups is 1. The van der Waals surface area contributed by atoms with Crippen LogP contribution in [0.25, 0.3) is 0 Å². The van der Waals surface area contributed by atoms with Crippen LogP contribution in [0.5, 0.6) is 0 Å². The molecule has 0 heterocycles. The third-order valence-electron chi connectivity index (χ3n) is 3.80. The predicted molar refractivity (Wildman–Crippen MR) is 71.5 cm³/mol. The Labute approximate surface area is 110 Å². The summed E-state index contributed by atoms with van der Waals surface area (Å²) in [6.45, 7) is 7.67. The number of methoxy groups -OCH3 is 1. The summed E-state index contributed by atoms with van der Waals surface area (Å²) in [5.41, 5.74) is 0. The van der Waals surface area contributed by atoms with Crippen LogP contribution in [0.15, 0.2) is 0 Å². The summed E-state index contributed by atoms with van der Waals surface area (Å²) < 4.78 is 10.5. The van der Waals surface area contributed by atoms with Crippen LogP contribution < -0.4 is 5.32 Å². The van der Waals surface area contributed by atoms with Gasteiger partial charge in [-0.15, -0.1) is 0 Å². The first-order valence-corrected chi connectivity index (χ1v) is 6.98. The summed E-state index contributed by atoms with van der Waals surface area (Å²) >= 11 is 0. The van der Waals surface area contributed by atoms with Crippen molar-refractivity contribution in [2.75, 3.05) is 20.3 Å². The van der Waals surface area contributed by atoms with E-state index in [1.165, 1.54) is 6.42 Å². The second kappa shape index (κ2) is 7.62. The van der Waals surface area contributed by atoms with Gasteiger partial charge in [0.25, 0.3) is 0 Å². The van der Waals surface area contributed by atoms with E-state index in [9.17, 15) is 4.79 Å². The van der Waals surface area contributed by atoms with E-state index in [4.69, 9.17) is 9.47 Å². The fourth-order valence-corrected chi connectivity index (χ4v) is 2.68. The largest absolute Gasteiger partial charge is 0.446 e. The second-order valence-electron chi connectivity index (χ2n) is 5.69. The summed E-state index contributed by atoms with van der Waals surface area (Å²) in [4.78, 5) is 11.7. The van der Waals surface area contributed by atoms with Gasteiger partial charge in [0.2, 0.25) is 0 Å². The summed E-state index contributed by atoms with van der Waals surface area (Å²) in [6, 6.07) is 0. The van der Waals surface area contributed by atoms with Crippen LogP contribution in [0, 0.1) is 17.8 Å². The Balaban J connectivity index is 2.42. The van der Waals surface area contributed by atoms with Crippen molar-refractivity contribution in [2.24, 2.45) is 17.8 Å². The first-order chi connectivity index (χ1) is 8.54. The highest BCUT2D eigenvalue weighted by Gasteiger charge is 2.33. The van der Waals surface area contributed by atoms with Crippen molar-refractivity contribution in [1.29, 1.82) is 0 Å². The van der Waals surface area contributed by atoms with Crippen molar-refractivity contribution in [3.05, 3.63) is 0 Å². The van der Waals surface area contributed by atoms with Crippen LogP contribution in [0.3, 0.4) is 0 Å². The molecule has 1 amide bonds. The topological polar surface area (TPSA) is 47.6 Å². The molecule has 106 valence electrons. The highest BCUT2D eigenvalue weighted by molar-refractivity contribution is 5.67. The van der Waals surface area contributed by atoms with Gasteiger partial charge in [0.15, 0.2) is 0 Å². The molecule has 1 fully saturated rings. The van der Waals surface area contributed by atoms with Crippen LogP contribution in [0.2, 0.25) is 0 Å². The van der Waals surface area contributed by atoms with Gasteiger partial charge in [0.1, 0.15) is 6.10 Å². The average Bonchev–Trinajstić information content (AvgIpc) is 2.29. The monoisotopic (exact) mass is 257 g/mol. The Bertz CT molecular complexity index is 255. The average molecular weight is 257 g/mol. The molecule has 0 aromatic carbocycles. The lowest BCUT2D eigenvalue weighted by Gasteiger charge is -2.36. The van der Waals surface area contributed by atoms with E-state index >= 15 is 0 Å². The lowest BCUT2D eigenvalue weighted by molar-refractivity contribution is 0.00562. The van der Waals surface area contributed by atoms with Crippen LogP contribution in [-0.2, 0) is 9.47 Å². The number of carbonyl (C=O) groups excluding carboxylic acids is 1. The van der Waals surface area contributed by atoms with Crippen molar-refractivity contribution in [1.82, 2.24) is 5.32 Å². The number of ether oxygens (including phenoxy) is 2. The zero-order chi connectivity index (χ0) is 13.5. The minimum absolute atomic E-state index is 0.0660. The van der Waals surface area contributed by atoms with Crippen molar-refractivity contribution in [3.8, 4) is 0 Å². The van der Waals surface area contributed by atoms with E-state index in [0.717, 1.165) is 12.8 Å². The van der Waals surface area contributed by atoms with Gasteiger partial charge in [-0.1, -0.05) is 27.2 Å². The van der Waals surface area contributed by atoms with Crippen LogP contribution in [0.1, 0.15) is 40.0 Å². The molecule has 0 aromatic rings. The van der Waals surface area contributed by atoms with Gasteiger partial charge < -0.3 is 14.8 Å². The molecular formula is C14H27NO3. The molecule has 3 atom stereocenters. The third-order valence-corrected chi connectivity index (χ3v) is 3.80. The molecular weight excluding hydrogens is 230 g/mol. The number of amides is 1. The van der Waals surface area contributed by atoms with Gasteiger partial charge in [0.05, 0.1) is 6.61 Å². The molecule has 1 unspecified atom stereocenters. The molecule has 0 aliphatic heterocycles. The van der Waals surface area contributed by atoms with E-state index in [-0.39, 0.29) is 12.2 Å². The van der Waals surface area contributed by atoms with Gasteiger partial charge in [-0.25, -0.2) is 4.79 Å². The zero-order valence-corrected chi connectivity index (χ0v) is 12.1. The molecule has 1 N–H and O–H groups in total. The lowest BCUT2D eigenvalue weighted by Crippen LogP contribution is -2.39. The molecule has 1 aliphatic carbocycles. The Hall–Kier alpha value is -0.770. The quantitative estimate of drug-likeness (QED) is 0.770. The maximum atomic E-state index is 11.7. The number of hydrogen-bond donors (Lipinski definition) is 1. The summed E-state index contributed by atoms with van der Waals surface area (Å²) in [5.74, 6) is 1.71. The van der Waals surface area contributed by atoms with Gasteiger partial charge in [0, 0.05) is 13.7 Å².